The van der Waals surface area contributed by atoms with Crippen molar-refractivity contribution in [3.8, 4) is 5.75 Å². The standard InChI is InChI=1S/C13H17BrN2O2/c1-18-12-8-9(14)2-3-11(12)13(17)16-10-4-6-15-7-5-10/h2-3,8,10,15H,4-7H2,1H3,(H,16,17). The largest absolute Gasteiger partial charge is 0.496 e. The molecular formula is C13H17BrN2O2. The summed E-state index contributed by atoms with van der Waals surface area (Å²) in [6.45, 7) is 1.92. The predicted octanol–water partition coefficient (Wildman–Crippen LogP) is 1.94. The predicted molar refractivity (Wildman–Crippen MR) is 74.1 cm³/mol. The summed E-state index contributed by atoms with van der Waals surface area (Å²) in [6, 6.07) is 5.68. The Balaban J connectivity index is 2.08. The maximum atomic E-state index is 12.2. The van der Waals surface area contributed by atoms with Gasteiger partial charge in [-0.1, -0.05) is 15.9 Å². The molecule has 2 N–H and O–H groups in total. The van der Waals surface area contributed by atoms with Gasteiger partial charge in [0.15, 0.2) is 0 Å². The number of benzene rings is 1. The topological polar surface area (TPSA) is 50.4 Å². The number of halogens is 1. The number of nitrogens with one attached hydrogen (secondary N) is 2. The lowest BCUT2D eigenvalue weighted by Gasteiger charge is -2.24. The molecule has 0 saturated carbocycles. The van der Waals surface area contributed by atoms with Crippen LogP contribution in [0.5, 0.6) is 5.75 Å². The molecule has 1 fully saturated rings. The maximum Gasteiger partial charge on any atom is 0.255 e. The van der Waals surface area contributed by atoms with Gasteiger partial charge in [-0.05, 0) is 44.1 Å². The monoisotopic (exact) mass is 312 g/mol. The molecule has 1 heterocycles. The van der Waals surface area contributed by atoms with Crippen LogP contribution in [0.15, 0.2) is 22.7 Å². The van der Waals surface area contributed by atoms with Crippen LogP contribution >= 0.6 is 15.9 Å². The summed E-state index contributed by atoms with van der Waals surface area (Å²) in [7, 11) is 1.57. The number of methoxy groups -OCH3 is 1. The van der Waals surface area contributed by atoms with Crippen molar-refractivity contribution in [1.29, 1.82) is 0 Å². The normalized spacial score (nSPS) is 16.3. The van der Waals surface area contributed by atoms with E-state index in [-0.39, 0.29) is 11.9 Å². The Bertz CT molecular complexity index is 431. The van der Waals surface area contributed by atoms with Gasteiger partial charge >= 0.3 is 0 Å². The molecule has 0 aliphatic carbocycles. The Kier molecular flexibility index (Phi) is 4.60. The van der Waals surface area contributed by atoms with Gasteiger partial charge in [0.2, 0.25) is 0 Å². The van der Waals surface area contributed by atoms with Crippen LogP contribution in [-0.2, 0) is 0 Å². The number of carbonyl (C=O) groups excluding carboxylic acids is 1. The molecule has 18 heavy (non-hydrogen) atoms. The zero-order valence-corrected chi connectivity index (χ0v) is 11.9. The van der Waals surface area contributed by atoms with Gasteiger partial charge in [0.25, 0.3) is 5.91 Å². The molecule has 1 aliphatic heterocycles. The summed E-state index contributed by atoms with van der Waals surface area (Å²) in [5.41, 5.74) is 0.583. The van der Waals surface area contributed by atoms with Crippen molar-refractivity contribution in [2.75, 3.05) is 20.2 Å². The smallest absolute Gasteiger partial charge is 0.255 e. The lowest BCUT2D eigenvalue weighted by atomic mass is 10.1. The molecule has 1 aliphatic rings. The highest BCUT2D eigenvalue weighted by Gasteiger charge is 2.18. The molecule has 1 aromatic carbocycles. The van der Waals surface area contributed by atoms with Crippen molar-refractivity contribution >= 4 is 21.8 Å². The van der Waals surface area contributed by atoms with E-state index in [0.717, 1.165) is 30.4 Å². The minimum absolute atomic E-state index is 0.0637. The van der Waals surface area contributed by atoms with E-state index in [0.29, 0.717) is 11.3 Å². The Labute approximate surface area is 115 Å². The Morgan fingerprint density at radius 2 is 2.17 bits per heavy atom. The molecule has 98 valence electrons. The maximum absolute atomic E-state index is 12.2. The van der Waals surface area contributed by atoms with Crippen molar-refractivity contribution in [3.05, 3.63) is 28.2 Å². The van der Waals surface area contributed by atoms with Crippen molar-refractivity contribution in [3.63, 3.8) is 0 Å². The molecule has 0 atom stereocenters. The molecule has 0 unspecified atom stereocenters. The first-order chi connectivity index (χ1) is 8.70. The van der Waals surface area contributed by atoms with Crippen LogP contribution in [0.3, 0.4) is 0 Å². The van der Waals surface area contributed by atoms with Crippen molar-refractivity contribution in [2.24, 2.45) is 0 Å². The number of hydrogen-bond acceptors (Lipinski definition) is 3. The third kappa shape index (κ3) is 3.23. The van der Waals surface area contributed by atoms with E-state index in [1.165, 1.54) is 0 Å². The van der Waals surface area contributed by atoms with Gasteiger partial charge in [-0.3, -0.25) is 4.79 Å². The number of piperidine rings is 1. The Morgan fingerprint density at radius 3 is 2.83 bits per heavy atom. The molecule has 0 spiro atoms. The average Bonchev–Trinajstić information content (AvgIpc) is 2.39. The lowest BCUT2D eigenvalue weighted by molar-refractivity contribution is 0.0926. The second kappa shape index (κ2) is 6.20. The Morgan fingerprint density at radius 1 is 1.44 bits per heavy atom. The van der Waals surface area contributed by atoms with Crippen LogP contribution in [0.4, 0.5) is 0 Å². The average molecular weight is 313 g/mol. The van der Waals surface area contributed by atoms with E-state index >= 15 is 0 Å². The number of ether oxygens (including phenoxy) is 1. The van der Waals surface area contributed by atoms with Crippen LogP contribution in [0, 0.1) is 0 Å². The summed E-state index contributed by atoms with van der Waals surface area (Å²) >= 11 is 3.36. The molecule has 1 saturated heterocycles. The van der Waals surface area contributed by atoms with Crippen molar-refractivity contribution < 1.29 is 9.53 Å². The highest BCUT2D eigenvalue weighted by molar-refractivity contribution is 9.10. The molecule has 0 radical (unpaired) electrons. The van der Waals surface area contributed by atoms with E-state index in [1.54, 1.807) is 19.2 Å². The number of rotatable bonds is 3. The molecular weight excluding hydrogens is 296 g/mol. The summed E-state index contributed by atoms with van der Waals surface area (Å²) in [4.78, 5) is 12.2. The quantitative estimate of drug-likeness (QED) is 0.897. The van der Waals surface area contributed by atoms with Gasteiger partial charge in [0.1, 0.15) is 5.75 Å². The third-order valence-electron chi connectivity index (χ3n) is 3.08. The fraction of sp³-hybridized carbons (Fsp3) is 0.462. The summed E-state index contributed by atoms with van der Waals surface area (Å²) in [5, 5.41) is 6.33. The highest BCUT2D eigenvalue weighted by Crippen LogP contribution is 2.23. The number of hydrogen-bond donors (Lipinski definition) is 2. The third-order valence-corrected chi connectivity index (χ3v) is 3.58. The van der Waals surface area contributed by atoms with Gasteiger partial charge in [0.05, 0.1) is 12.7 Å². The lowest BCUT2D eigenvalue weighted by Crippen LogP contribution is -2.42. The SMILES string of the molecule is COc1cc(Br)ccc1C(=O)NC1CCNCC1. The van der Waals surface area contributed by atoms with Crippen molar-refractivity contribution in [2.45, 2.75) is 18.9 Å². The molecule has 5 heteroatoms. The molecule has 1 aromatic rings. The van der Waals surface area contributed by atoms with E-state index in [9.17, 15) is 4.79 Å². The van der Waals surface area contributed by atoms with Gasteiger partial charge in [-0.25, -0.2) is 0 Å². The minimum Gasteiger partial charge on any atom is -0.496 e. The zero-order chi connectivity index (χ0) is 13.0. The van der Waals surface area contributed by atoms with E-state index < -0.39 is 0 Å². The first-order valence-electron chi connectivity index (χ1n) is 6.06. The number of amides is 1. The van der Waals surface area contributed by atoms with E-state index in [1.807, 2.05) is 6.07 Å². The summed E-state index contributed by atoms with van der Waals surface area (Å²) in [6.07, 6.45) is 1.95. The van der Waals surface area contributed by atoms with Crippen LogP contribution in [-0.4, -0.2) is 32.1 Å². The molecule has 0 bridgehead atoms. The molecule has 2 rings (SSSR count). The molecule has 1 amide bonds. The fourth-order valence-electron chi connectivity index (χ4n) is 2.08. The van der Waals surface area contributed by atoms with Gasteiger partial charge in [0, 0.05) is 10.5 Å². The second-order valence-electron chi connectivity index (χ2n) is 4.34. The summed E-state index contributed by atoms with van der Waals surface area (Å²) in [5.74, 6) is 0.530. The van der Waals surface area contributed by atoms with Crippen LogP contribution in [0.2, 0.25) is 0 Å². The van der Waals surface area contributed by atoms with E-state index in [2.05, 4.69) is 26.6 Å². The zero-order valence-electron chi connectivity index (χ0n) is 10.3. The first-order valence-corrected chi connectivity index (χ1v) is 6.85. The molecule has 0 aromatic heterocycles. The highest BCUT2D eigenvalue weighted by atomic mass is 79.9. The first kappa shape index (κ1) is 13.4. The second-order valence-corrected chi connectivity index (χ2v) is 5.26. The van der Waals surface area contributed by atoms with Crippen molar-refractivity contribution in [1.82, 2.24) is 10.6 Å². The van der Waals surface area contributed by atoms with Crippen LogP contribution < -0.4 is 15.4 Å². The van der Waals surface area contributed by atoms with Gasteiger partial charge < -0.3 is 15.4 Å². The number of carbonyl (C=O) groups is 1. The summed E-state index contributed by atoms with van der Waals surface area (Å²) < 4.78 is 6.13. The van der Waals surface area contributed by atoms with Crippen LogP contribution in [0.1, 0.15) is 23.2 Å². The Hall–Kier alpha value is -1.07. The van der Waals surface area contributed by atoms with E-state index in [4.69, 9.17) is 4.74 Å². The van der Waals surface area contributed by atoms with Crippen LogP contribution in [0.25, 0.3) is 0 Å². The van der Waals surface area contributed by atoms with Gasteiger partial charge in [-0.2, -0.15) is 0 Å². The van der Waals surface area contributed by atoms with Gasteiger partial charge in [-0.15, -0.1) is 0 Å². The minimum atomic E-state index is -0.0637. The fourth-order valence-corrected chi connectivity index (χ4v) is 2.42. The molecule has 4 nitrogen and oxygen atoms in total.